The first-order chi connectivity index (χ1) is 8.56. The van der Waals surface area contributed by atoms with Gasteiger partial charge in [0.2, 0.25) is 5.91 Å². The summed E-state index contributed by atoms with van der Waals surface area (Å²) in [5, 5.41) is 2.88. The molecule has 0 aliphatic heterocycles. The number of carbonyl (C=O) groups excluding carboxylic acids is 1. The molecular formula is C14H20N2OS. The van der Waals surface area contributed by atoms with E-state index in [4.69, 9.17) is 5.73 Å². The van der Waals surface area contributed by atoms with Crippen LogP contribution in [0, 0.1) is 5.92 Å². The van der Waals surface area contributed by atoms with Crippen LogP contribution in [0.15, 0.2) is 41.8 Å². The summed E-state index contributed by atoms with van der Waals surface area (Å²) in [6.45, 7) is 7.56. The van der Waals surface area contributed by atoms with Gasteiger partial charge in [0.1, 0.15) is 0 Å². The lowest BCUT2D eigenvalue weighted by atomic mass is 10.1. The van der Waals surface area contributed by atoms with E-state index in [0.29, 0.717) is 0 Å². The number of para-hydroxylation sites is 1. The van der Waals surface area contributed by atoms with Crippen LogP contribution in [0.5, 0.6) is 0 Å². The van der Waals surface area contributed by atoms with E-state index in [1.165, 1.54) is 0 Å². The second-order valence-electron chi connectivity index (χ2n) is 4.35. The van der Waals surface area contributed by atoms with Crippen molar-refractivity contribution in [1.82, 2.24) is 0 Å². The number of thioether (sulfide) groups is 1. The quantitative estimate of drug-likeness (QED) is 0.613. The Morgan fingerprint density at radius 1 is 1.50 bits per heavy atom. The summed E-state index contributed by atoms with van der Waals surface area (Å²) >= 11 is 1.64. The van der Waals surface area contributed by atoms with Gasteiger partial charge in [-0.15, -0.1) is 18.3 Å². The summed E-state index contributed by atoms with van der Waals surface area (Å²) in [7, 11) is 0. The number of benzene rings is 1. The zero-order chi connectivity index (χ0) is 13.5. The number of anilines is 1. The maximum atomic E-state index is 11.9. The number of nitrogens with two attached hydrogens (primary N) is 1. The standard InChI is InChI=1S/C14H20N2OS/c1-4-9-18-12-8-6-5-7-11(12)16-14(17)13(15)10(2)3/h4-8,10,13H,1,9,15H2,2-3H3,(H,16,17)/t13-/m1/s1. The van der Waals surface area contributed by atoms with E-state index >= 15 is 0 Å². The molecule has 0 saturated carbocycles. The van der Waals surface area contributed by atoms with Crippen molar-refractivity contribution in [3.63, 3.8) is 0 Å². The topological polar surface area (TPSA) is 55.1 Å². The van der Waals surface area contributed by atoms with Gasteiger partial charge >= 0.3 is 0 Å². The molecule has 0 bridgehead atoms. The Morgan fingerprint density at radius 2 is 2.17 bits per heavy atom. The Labute approximate surface area is 113 Å². The summed E-state index contributed by atoms with van der Waals surface area (Å²) in [5.41, 5.74) is 6.63. The molecule has 1 atom stereocenters. The van der Waals surface area contributed by atoms with Crippen LogP contribution < -0.4 is 11.1 Å². The minimum Gasteiger partial charge on any atom is -0.324 e. The van der Waals surface area contributed by atoms with E-state index < -0.39 is 6.04 Å². The molecule has 1 amide bonds. The molecule has 0 aromatic heterocycles. The second kappa shape index (κ2) is 7.24. The summed E-state index contributed by atoms with van der Waals surface area (Å²) in [6.07, 6.45) is 1.84. The normalized spacial score (nSPS) is 12.2. The van der Waals surface area contributed by atoms with Gasteiger partial charge in [0.25, 0.3) is 0 Å². The Bertz CT molecular complexity index is 418. The molecule has 0 saturated heterocycles. The van der Waals surface area contributed by atoms with Crippen LogP contribution in [-0.4, -0.2) is 17.7 Å². The number of rotatable bonds is 6. The lowest BCUT2D eigenvalue weighted by molar-refractivity contribution is -0.118. The van der Waals surface area contributed by atoms with E-state index in [1.807, 2.05) is 44.2 Å². The van der Waals surface area contributed by atoms with E-state index in [1.54, 1.807) is 11.8 Å². The van der Waals surface area contributed by atoms with E-state index in [9.17, 15) is 4.79 Å². The van der Waals surface area contributed by atoms with E-state index in [0.717, 1.165) is 16.3 Å². The van der Waals surface area contributed by atoms with Gasteiger partial charge in [-0.25, -0.2) is 0 Å². The summed E-state index contributed by atoms with van der Waals surface area (Å²) in [6, 6.07) is 7.22. The van der Waals surface area contributed by atoms with Crippen molar-refractivity contribution in [2.24, 2.45) is 11.7 Å². The van der Waals surface area contributed by atoms with Crippen LogP contribution >= 0.6 is 11.8 Å². The van der Waals surface area contributed by atoms with Crippen LogP contribution in [0.25, 0.3) is 0 Å². The maximum absolute atomic E-state index is 11.9. The largest absolute Gasteiger partial charge is 0.324 e. The van der Waals surface area contributed by atoms with Crippen molar-refractivity contribution >= 4 is 23.4 Å². The molecule has 1 aromatic rings. The third-order valence-electron chi connectivity index (χ3n) is 2.52. The molecule has 0 aliphatic rings. The minimum absolute atomic E-state index is 0.123. The predicted octanol–water partition coefficient (Wildman–Crippen LogP) is 2.89. The number of amides is 1. The van der Waals surface area contributed by atoms with Gasteiger partial charge in [-0.2, -0.15) is 0 Å². The van der Waals surface area contributed by atoms with Gasteiger partial charge in [-0.1, -0.05) is 32.1 Å². The Balaban J connectivity index is 2.77. The lowest BCUT2D eigenvalue weighted by Gasteiger charge is -2.16. The first-order valence-corrected chi connectivity index (χ1v) is 6.94. The van der Waals surface area contributed by atoms with Gasteiger partial charge in [-0.3, -0.25) is 4.79 Å². The number of nitrogens with one attached hydrogen (secondary N) is 1. The first kappa shape index (κ1) is 14.8. The van der Waals surface area contributed by atoms with Crippen LogP contribution in [0.1, 0.15) is 13.8 Å². The highest BCUT2D eigenvalue weighted by Gasteiger charge is 2.18. The van der Waals surface area contributed by atoms with Crippen LogP contribution in [0.2, 0.25) is 0 Å². The molecule has 98 valence electrons. The van der Waals surface area contributed by atoms with E-state index in [-0.39, 0.29) is 11.8 Å². The van der Waals surface area contributed by atoms with Crippen molar-refractivity contribution in [2.75, 3.05) is 11.1 Å². The molecular weight excluding hydrogens is 244 g/mol. The summed E-state index contributed by atoms with van der Waals surface area (Å²) in [5.74, 6) is 0.790. The van der Waals surface area contributed by atoms with Crippen LogP contribution in [0.3, 0.4) is 0 Å². The average molecular weight is 264 g/mol. The molecule has 3 nitrogen and oxygen atoms in total. The van der Waals surface area contributed by atoms with Crippen LogP contribution in [0.4, 0.5) is 5.69 Å². The Morgan fingerprint density at radius 3 is 2.78 bits per heavy atom. The van der Waals surface area contributed by atoms with E-state index in [2.05, 4.69) is 11.9 Å². The highest BCUT2D eigenvalue weighted by molar-refractivity contribution is 7.99. The van der Waals surface area contributed by atoms with Crippen molar-refractivity contribution < 1.29 is 4.79 Å². The maximum Gasteiger partial charge on any atom is 0.241 e. The molecule has 18 heavy (non-hydrogen) atoms. The zero-order valence-corrected chi connectivity index (χ0v) is 11.7. The van der Waals surface area contributed by atoms with Crippen LogP contribution in [-0.2, 0) is 4.79 Å². The number of hydrogen-bond donors (Lipinski definition) is 2. The molecule has 0 heterocycles. The van der Waals surface area contributed by atoms with Crippen molar-refractivity contribution in [3.8, 4) is 0 Å². The van der Waals surface area contributed by atoms with Crippen molar-refractivity contribution in [1.29, 1.82) is 0 Å². The number of hydrogen-bond acceptors (Lipinski definition) is 3. The lowest BCUT2D eigenvalue weighted by Crippen LogP contribution is -2.39. The first-order valence-electron chi connectivity index (χ1n) is 5.95. The zero-order valence-electron chi connectivity index (χ0n) is 10.8. The predicted molar refractivity (Wildman–Crippen MR) is 78.8 cm³/mol. The molecule has 1 rings (SSSR count). The summed E-state index contributed by atoms with van der Waals surface area (Å²) < 4.78 is 0. The molecule has 4 heteroatoms. The Hall–Kier alpha value is -1.26. The fourth-order valence-electron chi connectivity index (χ4n) is 1.36. The summed E-state index contributed by atoms with van der Waals surface area (Å²) in [4.78, 5) is 12.9. The fraction of sp³-hybridized carbons (Fsp3) is 0.357. The van der Waals surface area contributed by atoms with Gasteiger partial charge < -0.3 is 11.1 Å². The van der Waals surface area contributed by atoms with Crippen molar-refractivity contribution in [3.05, 3.63) is 36.9 Å². The minimum atomic E-state index is -0.484. The van der Waals surface area contributed by atoms with Gasteiger partial charge in [0.15, 0.2) is 0 Å². The molecule has 3 N–H and O–H groups in total. The molecule has 0 fully saturated rings. The fourth-order valence-corrected chi connectivity index (χ4v) is 2.11. The highest BCUT2D eigenvalue weighted by Crippen LogP contribution is 2.27. The Kier molecular flexibility index (Phi) is 5.95. The SMILES string of the molecule is C=CCSc1ccccc1NC(=O)[C@H](N)C(C)C. The number of carbonyl (C=O) groups is 1. The average Bonchev–Trinajstić information content (AvgIpc) is 2.36. The smallest absolute Gasteiger partial charge is 0.241 e. The molecule has 0 aliphatic carbocycles. The third kappa shape index (κ3) is 4.20. The van der Waals surface area contributed by atoms with Crippen molar-refractivity contribution in [2.45, 2.75) is 24.8 Å². The third-order valence-corrected chi connectivity index (χ3v) is 3.59. The molecule has 0 radical (unpaired) electrons. The molecule has 1 aromatic carbocycles. The molecule has 0 unspecified atom stereocenters. The van der Waals surface area contributed by atoms with Gasteiger partial charge in [0.05, 0.1) is 11.7 Å². The monoisotopic (exact) mass is 264 g/mol. The van der Waals surface area contributed by atoms with Gasteiger partial charge in [0, 0.05) is 10.6 Å². The highest BCUT2D eigenvalue weighted by atomic mass is 32.2. The molecule has 0 spiro atoms. The van der Waals surface area contributed by atoms with Gasteiger partial charge in [-0.05, 0) is 18.1 Å². The second-order valence-corrected chi connectivity index (χ2v) is 5.42.